The van der Waals surface area contributed by atoms with Gasteiger partial charge in [-0.3, -0.25) is 0 Å². The minimum atomic E-state index is -2.27. The van der Waals surface area contributed by atoms with Crippen LogP contribution in [-0.2, 0) is 29.0 Å². The number of carbonyl (C=O) groups is 2. The molecule has 2 aromatic rings. The molecule has 1 aromatic carbocycles. The monoisotopic (exact) mass is 350 g/mol. The van der Waals surface area contributed by atoms with Crippen LogP contribution in [0, 0.1) is 0 Å². The molecular formula is C17H22N2O6. The quantitative estimate of drug-likeness (QED) is 0.509. The van der Waals surface area contributed by atoms with Crippen LogP contribution < -0.4 is 5.73 Å². The Kier molecular flexibility index (Phi) is 6.13. The number of aliphatic carboxylic acids is 2. The molecule has 136 valence electrons. The highest BCUT2D eigenvalue weighted by Crippen LogP contribution is 2.29. The summed E-state index contributed by atoms with van der Waals surface area (Å²) in [5.41, 5.74) is 10.0. The van der Waals surface area contributed by atoms with Gasteiger partial charge in [-0.25, -0.2) is 9.59 Å². The summed E-state index contributed by atoms with van der Waals surface area (Å²) in [6.07, 6.45) is 1.24. The van der Waals surface area contributed by atoms with Crippen LogP contribution in [0.4, 0.5) is 0 Å². The van der Waals surface area contributed by atoms with Crippen LogP contribution in [-0.4, -0.2) is 55.7 Å². The maximum Gasteiger partial charge on any atom is 0.335 e. The Morgan fingerprint density at radius 1 is 1.16 bits per heavy atom. The van der Waals surface area contributed by atoms with Crippen molar-refractivity contribution in [1.29, 1.82) is 0 Å². The molecule has 1 aliphatic rings. The average Bonchev–Trinajstić information content (AvgIpc) is 2.94. The summed E-state index contributed by atoms with van der Waals surface area (Å²) in [7, 11) is 0. The van der Waals surface area contributed by atoms with Crippen molar-refractivity contribution in [2.24, 2.45) is 5.73 Å². The van der Waals surface area contributed by atoms with E-state index in [0.29, 0.717) is 0 Å². The second-order valence-electron chi connectivity index (χ2n) is 5.87. The normalized spacial score (nSPS) is 15.2. The third-order valence-corrected chi connectivity index (χ3v) is 4.13. The lowest BCUT2D eigenvalue weighted by molar-refractivity contribution is -0.165. The van der Waals surface area contributed by atoms with E-state index < -0.39 is 24.1 Å². The van der Waals surface area contributed by atoms with Crippen LogP contribution in [0.3, 0.4) is 0 Å². The molecule has 0 radical (unpaired) electrons. The molecular weight excluding hydrogens is 328 g/mol. The summed E-state index contributed by atoms with van der Waals surface area (Å²) >= 11 is 0. The molecule has 3 rings (SSSR count). The first kappa shape index (κ1) is 18.9. The van der Waals surface area contributed by atoms with Crippen molar-refractivity contribution in [3.63, 3.8) is 0 Å². The molecule has 6 N–H and O–H groups in total. The maximum atomic E-state index is 9.77. The number of carboxylic acids is 2. The molecule has 25 heavy (non-hydrogen) atoms. The molecule has 0 unspecified atom stereocenters. The Labute approximate surface area is 144 Å². The van der Waals surface area contributed by atoms with Crippen molar-refractivity contribution < 1.29 is 30.0 Å². The van der Waals surface area contributed by atoms with Gasteiger partial charge in [-0.15, -0.1) is 0 Å². The van der Waals surface area contributed by atoms with Gasteiger partial charge in [0.1, 0.15) is 0 Å². The standard InChI is InChI=1S/C13H16N2.C4H6O6/c14-7-6-11-9-15-8-2-4-10-3-1-5-12(11)13(10)15;5-1(3(7)8)2(6)4(9)10/h1,3,5,9H,2,4,6-8,14H2;1-2,5-6H,(H,7,8)(H,9,10)/t;1-,2-/m.1/s1. The number of aliphatic hydroxyl groups is 2. The molecule has 0 spiro atoms. The lowest BCUT2D eigenvalue weighted by Crippen LogP contribution is -2.39. The van der Waals surface area contributed by atoms with Gasteiger partial charge in [0.2, 0.25) is 0 Å². The highest BCUT2D eigenvalue weighted by atomic mass is 16.4. The molecule has 1 aliphatic heterocycles. The number of aryl methyl sites for hydroxylation is 2. The van der Waals surface area contributed by atoms with Crippen molar-refractivity contribution in [2.75, 3.05) is 6.54 Å². The predicted octanol–water partition coefficient (Wildman–Crippen LogP) is -0.0339. The molecule has 2 atom stereocenters. The van der Waals surface area contributed by atoms with Gasteiger partial charge in [0.25, 0.3) is 0 Å². The van der Waals surface area contributed by atoms with Gasteiger partial charge in [-0.05, 0) is 36.9 Å². The summed E-state index contributed by atoms with van der Waals surface area (Å²) in [6, 6.07) is 6.66. The number of hydrogen-bond donors (Lipinski definition) is 5. The number of aliphatic hydroxyl groups excluding tert-OH is 2. The van der Waals surface area contributed by atoms with E-state index >= 15 is 0 Å². The molecule has 8 heteroatoms. The fourth-order valence-corrected chi connectivity index (χ4v) is 2.95. The predicted molar refractivity (Wildman–Crippen MR) is 90.3 cm³/mol. The number of benzene rings is 1. The highest BCUT2D eigenvalue weighted by Gasteiger charge is 2.29. The van der Waals surface area contributed by atoms with E-state index in [0.717, 1.165) is 19.5 Å². The fraction of sp³-hybridized carbons (Fsp3) is 0.412. The third kappa shape index (κ3) is 4.16. The zero-order valence-electron chi connectivity index (χ0n) is 13.6. The zero-order chi connectivity index (χ0) is 18.6. The van der Waals surface area contributed by atoms with Crippen LogP contribution in [0.25, 0.3) is 10.9 Å². The Balaban J connectivity index is 0.000000199. The van der Waals surface area contributed by atoms with Crippen molar-refractivity contribution in [3.05, 3.63) is 35.5 Å². The van der Waals surface area contributed by atoms with Gasteiger partial charge < -0.3 is 30.7 Å². The number of aromatic nitrogens is 1. The van der Waals surface area contributed by atoms with Gasteiger partial charge in [-0.1, -0.05) is 18.2 Å². The average molecular weight is 350 g/mol. The molecule has 0 amide bonds. The van der Waals surface area contributed by atoms with Crippen molar-refractivity contribution >= 4 is 22.8 Å². The first-order valence-corrected chi connectivity index (χ1v) is 7.98. The van der Waals surface area contributed by atoms with Crippen LogP contribution in [0.15, 0.2) is 24.4 Å². The summed E-state index contributed by atoms with van der Waals surface area (Å²) in [5.74, 6) is -3.54. The van der Waals surface area contributed by atoms with E-state index in [1.165, 1.54) is 34.9 Å². The minimum Gasteiger partial charge on any atom is -0.479 e. The van der Waals surface area contributed by atoms with E-state index in [-0.39, 0.29) is 0 Å². The van der Waals surface area contributed by atoms with E-state index in [1.807, 2.05) is 0 Å². The van der Waals surface area contributed by atoms with Crippen molar-refractivity contribution in [2.45, 2.75) is 38.0 Å². The number of hydrogen-bond acceptors (Lipinski definition) is 5. The van der Waals surface area contributed by atoms with Gasteiger partial charge in [0.15, 0.2) is 12.2 Å². The van der Waals surface area contributed by atoms with Crippen molar-refractivity contribution in [3.8, 4) is 0 Å². The molecule has 1 aromatic heterocycles. The lowest BCUT2D eigenvalue weighted by atomic mass is 10.0. The first-order valence-electron chi connectivity index (χ1n) is 7.98. The van der Waals surface area contributed by atoms with E-state index in [4.69, 9.17) is 26.2 Å². The molecule has 0 saturated carbocycles. The minimum absolute atomic E-state index is 0.739. The van der Waals surface area contributed by atoms with Gasteiger partial charge >= 0.3 is 11.9 Å². The Hall–Kier alpha value is -2.42. The fourth-order valence-electron chi connectivity index (χ4n) is 2.95. The summed E-state index contributed by atoms with van der Waals surface area (Å²) in [5, 5.41) is 33.9. The number of para-hydroxylation sites is 1. The smallest absolute Gasteiger partial charge is 0.335 e. The number of nitrogens with two attached hydrogens (primary N) is 1. The lowest BCUT2D eigenvalue weighted by Gasteiger charge is -2.14. The van der Waals surface area contributed by atoms with Crippen LogP contribution in [0.5, 0.6) is 0 Å². The molecule has 0 saturated heterocycles. The maximum absolute atomic E-state index is 9.77. The molecule has 8 nitrogen and oxygen atoms in total. The topological polar surface area (TPSA) is 146 Å². The number of carboxylic acid groups (broad SMARTS) is 2. The summed E-state index contributed by atoms with van der Waals surface area (Å²) in [6.45, 7) is 1.90. The van der Waals surface area contributed by atoms with Crippen LogP contribution in [0.1, 0.15) is 17.5 Å². The van der Waals surface area contributed by atoms with Crippen LogP contribution in [0.2, 0.25) is 0 Å². The Morgan fingerprint density at radius 2 is 1.80 bits per heavy atom. The van der Waals surface area contributed by atoms with Crippen LogP contribution >= 0.6 is 0 Å². The van der Waals surface area contributed by atoms with Crippen molar-refractivity contribution in [1.82, 2.24) is 4.57 Å². The SMILES string of the molecule is NCCc1cn2c3c(cccc13)CCC2.O=C(O)[C@H](O)[C@@H](O)C(=O)O. The largest absolute Gasteiger partial charge is 0.479 e. The third-order valence-electron chi connectivity index (χ3n) is 4.13. The van der Waals surface area contributed by atoms with Gasteiger partial charge in [0.05, 0.1) is 5.52 Å². The van der Waals surface area contributed by atoms with E-state index in [2.05, 4.69) is 29.0 Å². The van der Waals surface area contributed by atoms with E-state index in [9.17, 15) is 9.59 Å². The van der Waals surface area contributed by atoms with E-state index in [1.54, 1.807) is 0 Å². The number of rotatable bonds is 5. The second-order valence-corrected chi connectivity index (χ2v) is 5.87. The zero-order valence-corrected chi connectivity index (χ0v) is 13.6. The molecule has 0 fully saturated rings. The van der Waals surface area contributed by atoms with Gasteiger partial charge in [-0.2, -0.15) is 0 Å². The molecule has 2 heterocycles. The Morgan fingerprint density at radius 3 is 2.36 bits per heavy atom. The summed E-state index contributed by atoms with van der Waals surface area (Å²) in [4.78, 5) is 19.5. The molecule has 0 aliphatic carbocycles. The second kappa shape index (κ2) is 8.11. The highest BCUT2D eigenvalue weighted by molar-refractivity contribution is 5.87. The van der Waals surface area contributed by atoms with Gasteiger partial charge in [0, 0.05) is 18.1 Å². The molecule has 0 bridgehead atoms. The summed E-state index contributed by atoms with van der Waals surface area (Å²) < 4.78 is 2.40. The first-order chi connectivity index (χ1) is 11.9. The number of nitrogens with zero attached hydrogens (tertiary/aromatic N) is 1. The Bertz CT molecular complexity index is 752.